The Morgan fingerprint density at radius 3 is 2.36 bits per heavy atom. The van der Waals surface area contributed by atoms with Gasteiger partial charge in [-0.05, 0) is 42.5 Å². The van der Waals surface area contributed by atoms with Gasteiger partial charge in [0.25, 0.3) is 15.9 Å². The van der Waals surface area contributed by atoms with Crippen molar-refractivity contribution in [2.75, 3.05) is 11.3 Å². The summed E-state index contributed by atoms with van der Waals surface area (Å²) in [6.07, 6.45) is 0. The molecule has 0 bridgehead atoms. The molecule has 25 heavy (non-hydrogen) atoms. The first-order valence-electron chi connectivity index (χ1n) is 6.76. The predicted molar refractivity (Wildman–Crippen MR) is 90.4 cm³/mol. The number of anilines is 1. The van der Waals surface area contributed by atoms with Gasteiger partial charge in [0.2, 0.25) is 0 Å². The van der Waals surface area contributed by atoms with Crippen LogP contribution in [0.5, 0.6) is 5.75 Å². The Hall–Kier alpha value is -2.78. The monoisotopic (exact) mass is 384 g/mol. The molecule has 2 aromatic rings. The fourth-order valence-corrected chi connectivity index (χ4v) is 3.32. The molecule has 2 aromatic carbocycles. The van der Waals surface area contributed by atoms with E-state index in [1.807, 2.05) is 0 Å². The molecule has 0 aliphatic carbocycles. The lowest BCUT2D eigenvalue weighted by molar-refractivity contribution is -0.120. The highest BCUT2D eigenvalue weighted by molar-refractivity contribution is 7.92. The Kier molecular flexibility index (Phi) is 5.50. The van der Waals surface area contributed by atoms with E-state index in [1.54, 1.807) is 0 Å². The van der Waals surface area contributed by atoms with Gasteiger partial charge in [0, 0.05) is 10.7 Å². The van der Waals surface area contributed by atoms with Gasteiger partial charge in [0.05, 0.1) is 5.56 Å². The average molecular weight is 385 g/mol. The van der Waals surface area contributed by atoms with Crippen molar-refractivity contribution in [1.29, 1.82) is 0 Å². The molecule has 2 rings (SSSR count). The number of ether oxygens (including phenoxy) is 1. The second kappa shape index (κ2) is 7.41. The molecule has 0 heterocycles. The topological polar surface area (TPSA) is 136 Å². The van der Waals surface area contributed by atoms with E-state index >= 15 is 0 Å². The second-order valence-corrected chi connectivity index (χ2v) is 6.92. The number of carbonyl (C=O) groups is 2. The van der Waals surface area contributed by atoms with Gasteiger partial charge in [-0.3, -0.25) is 9.52 Å². The van der Waals surface area contributed by atoms with Crippen molar-refractivity contribution in [3.05, 3.63) is 53.1 Å². The van der Waals surface area contributed by atoms with Gasteiger partial charge in [-0.1, -0.05) is 11.6 Å². The van der Waals surface area contributed by atoms with Crippen molar-refractivity contribution in [3.8, 4) is 5.75 Å². The summed E-state index contributed by atoms with van der Waals surface area (Å²) in [4.78, 5) is 21.4. The van der Waals surface area contributed by atoms with Gasteiger partial charge in [-0.2, -0.15) is 0 Å². The van der Waals surface area contributed by atoms with Crippen LogP contribution >= 0.6 is 11.6 Å². The Morgan fingerprint density at radius 1 is 1.16 bits per heavy atom. The van der Waals surface area contributed by atoms with E-state index < -0.39 is 28.5 Å². The minimum atomic E-state index is -4.11. The number of hydrogen-bond acceptors (Lipinski definition) is 5. The number of nitrogens with one attached hydrogen (secondary N) is 1. The van der Waals surface area contributed by atoms with Gasteiger partial charge in [-0.25, -0.2) is 13.2 Å². The highest BCUT2D eigenvalue weighted by atomic mass is 35.5. The van der Waals surface area contributed by atoms with Crippen LogP contribution in [0, 0.1) is 0 Å². The largest absolute Gasteiger partial charge is 0.482 e. The van der Waals surface area contributed by atoms with Crippen molar-refractivity contribution < 1.29 is 27.9 Å². The third-order valence-corrected chi connectivity index (χ3v) is 4.59. The van der Waals surface area contributed by atoms with Gasteiger partial charge < -0.3 is 15.6 Å². The van der Waals surface area contributed by atoms with E-state index in [0.29, 0.717) is 0 Å². The number of carbonyl (C=O) groups excluding carboxylic acids is 1. The number of primary amides is 1. The molecule has 0 aromatic heterocycles. The molecule has 8 nitrogen and oxygen atoms in total. The van der Waals surface area contributed by atoms with E-state index in [1.165, 1.54) is 36.4 Å². The van der Waals surface area contributed by atoms with E-state index in [9.17, 15) is 18.0 Å². The number of nitrogens with two attached hydrogens (primary N) is 1. The summed E-state index contributed by atoms with van der Waals surface area (Å²) in [5, 5.41) is 9.00. The number of benzene rings is 2. The number of carboxylic acid groups (broad SMARTS) is 1. The molecule has 10 heteroatoms. The van der Waals surface area contributed by atoms with Gasteiger partial charge >= 0.3 is 5.97 Å². The molecule has 132 valence electrons. The van der Waals surface area contributed by atoms with Crippen LogP contribution in [0.15, 0.2) is 47.4 Å². The molecule has 0 aliphatic rings. The molecule has 0 spiro atoms. The molecule has 0 aliphatic heterocycles. The summed E-state index contributed by atoms with van der Waals surface area (Å²) in [6.45, 7) is -0.503. The smallest absolute Gasteiger partial charge is 0.335 e. The number of hydrogen-bond donors (Lipinski definition) is 3. The first-order chi connectivity index (χ1) is 11.7. The molecule has 0 atom stereocenters. The van der Waals surface area contributed by atoms with Gasteiger partial charge in [-0.15, -0.1) is 0 Å². The Balaban J connectivity index is 2.33. The van der Waals surface area contributed by atoms with Gasteiger partial charge in [0.15, 0.2) is 6.61 Å². The SMILES string of the molecule is NC(=O)COc1ccc(Cl)cc1S(=O)(=O)Nc1ccc(C(=O)O)cc1. The van der Waals surface area contributed by atoms with Crippen molar-refractivity contribution in [2.45, 2.75) is 4.90 Å². The minimum Gasteiger partial charge on any atom is -0.482 e. The first kappa shape index (κ1) is 18.6. The first-order valence-corrected chi connectivity index (χ1v) is 8.62. The van der Waals surface area contributed by atoms with Crippen LogP contribution in [0.3, 0.4) is 0 Å². The van der Waals surface area contributed by atoms with E-state index in [4.69, 9.17) is 27.2 Å². The minimum absolute atomic E-state index is 0.0104. The van der Waals surface area contributed by atoms with Crippen LogP contribution in [0.1, 0.15) is 10.4 Å². The predicted octanol–water partition coefficient (Wildman–Crippen LogP) is 1.70. The van der Waals surface area contributed by atoms with Crippen LogP contribution in [-0.4, -0.2) is 32.0 Å². The summed E-state index contributed by atoms with van der Waals surface area (Å²) >= 11 is 5.84. The van der Waals surface area contributed by atoms with Crippen molar-refractivity contribution in [1.82, 2.24) is 0 Å². The Labute approximate surface area is 148 Å². The third-order valence-electron chi connectivity index (χ3n) is 2.95. The summed E-state index contributed by atoms with van der Waals surface area (Å²) in [5.74, 6) is -2.00. The average Bonchev–Trinajstić information content (AvgIpc) is 2.53. The summed E-state index contributed by atoms with van der Waals surface area (Å²) in [5.41, 5.74) is 5.14. The number of carboxylic acids is 1. The molecule has 1 amide bonds. The third kappa shape index (κ3) is 4.85. The van der Waals surface area contributed by atoms with Crippen molar-refractivity contribution >= 4 is 39.2 Å². The van der Waals surface area contributed by atoms with E-state index in [2.05, 4.69) is 4.72 Å². The lowest BCUT2D eigenvalue weighted by Crippen LogP contribution is -2.21. The number of halogens is 1. The Morgan fingerprint density at radius 2 is 1.80 bits per heavy atom. The molecule has 4 N–H and O–H groups in total. The highest BCUT2D eigenvalue weighted by Gasteiger charge is 2.21. The molecular formula is C15H13ClN2O6S. The van der Waals surface area contributed by atoms with Gasteiger partial charge in [0.1, 0.15) is 10.6 Å². The fraction of sp³-hybridized carbons (Fsp3) is 0.0667. The molecule has 0 unspecified atom stereocenters. The highest BCUT2D eigenvalue weighted by Crippen LogP contribution is 2.29. The summed E-state index contributed by atoms with van der Waals surface area (Å²) in [6, 6.07) is 8.97. The molecule has 0 radical (unpaired) electrons. The van der Waals surface area contributed by atoms with Crippen LogP contribution in [-0.2, 0) is 14.8 Å². The lowest BCUT2D eigenvalue weighted by atomic mass is 10.2. The molecular weight excluding hydrogens is 372 g/mol. The zero-order chi connectivity index (χ0) is 18.6. The summed E-state index contributed by atoms with van der Waals surface area (Å²) < 4.78 is 32.5. The summed E-state index contributed by atoms with van der Waals surface area (Å²) in [7, 11) is -4.11. The van der Waals surface area contributed by atoms with Crippen LogP contribution in [0.4, 0.5) is 5.69 Å². The maximum absolute atomic E-state index is 12.6. The normalized spacial score (nSPS) is 10.9. The molecule has 0 saturated heterocycles. The maximum atomic E-state index is 12.6. The molecule has 0 fully saturated rings. The molecule has 0 saturated carbocycles. The number of sulfonamides is 1. The quantitative estimate of drug-likeness (QED) is 0.664. The van der Waals surface area contributed by atoms with E-state index in [-0.39, 0.29) is 26.9 Å². The Bertz CT molecular complexity index is 912. The fourth-order valence-electron chi connectivity index (χ4n) is 1.85. The van der Waals surface area contributed by atoms with Crippen LogP contribution in [0.2, 0.25) is 5.02 Å². The van der Waals surface area contributed by atoms with Crippen LogP contribution < -0.4 is 15.2 Å². The number of amides is 1. The van der Waals surface area contributed by atoms with Crippen LogP contribution in [0.25, 0.3) is 0 Å². The number of rotatable bonds is 7. The maximum Gasteiger partial charge on any atom is 0.335 e. The standard InChI is InChI=1S/C15H13ClN2O6S/c16-10-3-6-12(24-8-14(17)19)13(7-10)25(22,23)18-11-4-1-9(2-5-11)15(20)21/h1-7,18H,8H2,(H2,17,19)(H,20,21). The zero-order valence-electron chi connectivity index (χ0n) is 12.6. The number of aromatic carboxylic acids is 1. The zero-order valence-corrected chi connectivity index (χ0v) is 14.2. The van der Waals surface area contributed by atoms with E-state index in [0.717, 1.165) is 6.07 Å². The lowest BCUT2D eigenvalue weighted by Gasteiger charge is -2.13. The second-order valence-electron chi connectivity index (χ2n) is 4.83. The van der Waals surface area contributed by atoms with Crippen molar-refractivity contribution in [2.24, 2.45) is 5.73 Å². The van der Waals surface area contributed by atoms with Crippen molar-refractivity contribution in [3.63, 3.8) is 0 Å².